The number of halogens is 1. The Morgan fingerprint density at radius 1 is 1.22 bits per heavy atom. The van der Waals surface area contributed by atoms with Crippen molar-refractivity contribution in [3.05, 3.63) is 62.2 Å². The average Bonchev–Trinajstić information content (AvgIpc) is 2.92. The summed E-state index contributed by atoms with van der Waals surface area (Å²) in [6.45, 7) is 1.85. The Bertz CT molecular complexity index is 1040. The smallest absolute Gasteiger partial charge is 0.252 e. The van der Waals surface area contributed by atoms with Crippen LogP contribution in [-0.2, 0) is 16.6 Å². The van der Waals surface area contributed by atoms with Crippen LogP contribution in [0.2, 0.25) is 4.34 Å². The van der Waals surface area contributed by atoms with Gasteiger partial charge in [-0.05, 0) is 42.1 Å². The van der Waals surface area contributed by atoms with Gasteiger partial charge in [-0.3, -0.25) is 4.79 Å². The number of rotatable bonds is 4. The van der Waals surface area contributed by atoms with Crippen molar-refractivity contribution in [2.24, 2.45) is 0 Å². The normalized spacial score (nSPS) is 11.9. The summed E-state index contributed by atoms with van der Waals surface area (Å²) in [6.07, 6.45) is 0. The number of pyridine rings is 1. The number of H-pyrrole nitrogens is 1. The maximum atomic E-state index is 12.2. The summed E-state index contributed by atoms with van der Waals surface area (Å²) < 4.78 is 27.3. The van der Waals surface area contributed by atoms with E-state index in [-0.39, 0.29) is 16.3 Å². The van der Waals surface area contributed by atoms with Gasteiger partial charge in [-0.2, -0.15) is 0 Å². The summed E-state index contributed by atoms with van der Waals surface area (Å²) in [5, 5.41) is 0.851. The van der Waals surface area contributed by atoms with E-state index >= 15 is 0 Å². The molecule has 0 bridgehead atoms. The molecule has 0 fully saturated rings. The highest BCUT2D eigenvalue weighted by Crippen LogP contribution is 2.25. The molecule has 2 aromatic heterocycles. The molecule has 0 aliphatic carbocycles. The Hall–Kier alpha value is -1.67. The first-order chi connectivity index (χ1) is 10.8. The Kier molecular flexibility index (Phi) is 4.29. The van der Waals surface area contributed by atoms with Gasteiger partial charge in [0.15, 0.2) is 0 Å². The van der Waals surface area contributed by atoms with E-state index in [9.17, 15) is 13.2 Å². The predicted molar refractivity (Wildman–Crippen MR) is 92.7 cm³/mol. The Labute approximate surface area is 142 Å². The highest BCUT2D eigenvalue weighted by atomic mass is 35.5. The summed E-state index contributed by atoms with van der Waals surface area (Å²) in [4.78, 5) is 14.9. The highest BCUT2D eigenvalue weighted by molar-refractivity contribution is 7.91. The first-order valence-electron chi connectivity index (χ1n) is 6.73. The van der Waals surface area contributed by atoms with E-state index < -0.39 is 10.0 Å². The molecule has 0 saturated carbocycles. The van der Waals surface area contributed by atoms with E-state index in [0.29, 0.717) is 9.90 Å². The van der Waals surface area contributed by atoms with Crippen LogP contribution in [0.3, 0.4) is 0 Å². The fourth-order valence-electron chi connectivity index (χ4n) is 2.18. The van der Waals surface area contributed by atoms with Crippen LogP contribution < -0.4 is 10.3 Å². The lowest BCUT2D eigenvalue weighted by Gasteiger charge is -2.06. The Morgan fingerprint density at radius 3 is 2.70 bits per heavy atom. The number of fused-ring (bicyclic) bond motifs is 1. The molecule has 0 amide bonds. The monoisotopic (exact) mass is 368 g/mol. The third kappa shape index (κ3) is 3.48. The van der Waals surface area contributed by atoms with E-state index in [1.807, 2.05) is 25.1 Å². The van der Waals surface area contributed by atoms with Crippen LogP contribution in [0.1, 0.15) is 11.1 Å². The number of aromatic nitrogens is 1. The van der Waals surface area contributed by atoms with Crippen LogP contribution in [0.15, 0.2) is 45.4 Å². The number of nitrogens with one attached hydrogen (secondary N) is 2. The lowest BCUT2D eigenvalue weighted by Crippen LogP contribution is -2.26. The lowest BCUT2D eigenvalue weighted by atomic mass is 10.1. The van der Waals surface area contributed by atoms with E-state index in [1.165, 1.54) is 12.1 Å². The molecule has 3 aromatic rings. The maximum absolute atomic E-state index is 12.2. The van der Waals surface area contributed by atoms with Gasteiger partial charge < -0.3 is 4.98 Å². The Balaban J connectivity index is 1.88. The molecule has 120 valence electrons. The zero-order valence-electron chi connectivity index (χ0n) is 12.1. The fourth-order valence-corrected chi connectivity index (χ4v) is 4.71. The van der Waals surface area contributed by atoms with Crippen molar-refractivity contribution in [3.8, 4) is 0 Å². The van der Waals surface area contributed by atoms with Gasteiger partial charge >= 0.3 is 0 Å². The zero-order chi connectivity index (χ0) is 16.6. The van der Waals surface area contributed by atoms with Crippen LogP contribution in [-0.4, -0.2) is 13.4 Å². The van der Waals surface area contributed by atoms with Gasteiger partial charge in [0.1, 0.15) is 4.21 Å². The largest absolute Gasteiger partial charge is 0.322 e. The number of aryl methyl sites for hydroxylation is 1. The standard InChI is InChI=1S/C15H13ClN2O3S2/c1-9-2-3-10-7-11(15(19)18-12(10)6-9)8-17-23(20,21)14-5-4-13(16)22-14/h2-7,17H,8H2,1H3,(H,18,19). The van der Waals surface area contributed by atoms with E-state index in [0.717, 1.165) is 27.8 Å². The molecule has 0 radical (unpaired) electrons. The second-order valence-corrected chi connectivity index (χ2v) is 8.81. The lowest BCUT2D eigenvalue weighted by molar-refractivity contribution is 0.583. The summed E-state index contributed by atoms with van der Waals surface area (Å²) >= 11 is 6.73. The molecule has 3 rings (SSSR count). The average molecular weight is 369 g/mol. The Morgan fingerprint density at radius 2 is 2.00 bits per heavy atom. The van der Waals surface area contributed by atoms with Crippen LogP contribution in [0.25, 0.3) is 10.9 Å². The minimum absolute atomic E-state index is 0.0863. The number of aromatic amines is 1. The molecule has 0 aliphatic rings. The molecule has 0 aliphatic heterocycles. The first kappa shape index (κ1) is 16.2. The van der Waals surface area contributed by atoms with Crippen molar-refractivity contribution in [1.82, 2.24) is 9.71 Å². The SMILES string of the molecule is Cc1ccc2cc(CNS(=O)(=O)c3ccc(Cl)s3)c(=O)[nH]c2c1. The molecule has 5 nitrogen and oxygen atoms in total. The van der Waals surface area contributed by atoms with Crippen molar-refractivity contribution in [3.63, 3.8) is 0 Å². The van der Waals surface area contributed by atoms with Crippen LogP contribution in [0.4, 0.5) is 0 Å². The minimum atomic E-state index is -3.68. The summed E-state index contributed by atoms with van der Waals surface area (Å²) in [6, 6.07) is 10.3. The summed E-state index contributed by atoms with van der Waals surface area (Å²) in [5.41, 5.74) is 1.81. The van der Waals surface area contributed by atoms with Crippen LogP contribution in [0, 0.1) is 6.92 Å². The highest BCUT2D eigenvalue weighted by Gasteiger charge is 2.17. The van der Waals surface area contributed by atoms with Gasteiger partial charge in [-0.15, -0.1) is 11.3 Å². The molecule has 1 aromatic carbocycles. The van der Waals surface area contributed by atoms with Crippen molar-refractivity contribution in [2.45, 2.75) is 17.7 Å². The predicted octanol–water partition coefficient (Wildman–Crippen LogP) is 3.03. The van der Waals surface area contributed by atoms with Gasteiger partial charge in [0.05, 0.1) is 4.34 Å². The van der Waals surface area contributed by atoms with Crippen molar-refractivity contribution >= 4 is 43.9 Å². The molecule has 2 N–H and O–H groups in total. The summed E-state index contributed by atoms with van der Waals surface area (Å²) in [5.74, 6) is 0. The third-order valence-corrected chi connectivity index (χ3v) is 6.47. The molecule has 2 heterocycles. The molecule has 0 spiro atoms. The molecular weight excluding hydrogens is 356 g/mol. The van der Waals surface area contributed by atoms with E-state index in [4.69, 9.17) is 11.6 Å². The van der Waals surface area contributed by atoms with Crippen LogP contribution in [0.5, 0.6) is 0 Å². The number of thiophene rings is 1. The first-order valence-corrected chi connectivity index (χ1v) is 9.40. The fraction of sp³-hybridized carbons (Fsp3) is 0.133. The maximum Gasteiger partial charge on any atom is 0.252 e. The number of hydrogen-bond acceptors (Lipinski definition) is 4. The molecular formula is C15H13ClN2O3S2. The molecule has 23 heavy (non-hydrogen) atoms. The number of benzene rings is 1. The molecule has 8 heteroatoms. The molecule has 0 saturated heterocycles. The molecule has 0 unspecified atom stereocenters. The number of hydrogen-bond donors (Lipinski definition) is 2. The minimum Gasteiger partial charge on any atom is -0.322 e. The van der Waals surface area contributed by atoms with E-state index in [2.05, 4.69) is 9.71 Å². The van der Waals surface area contributed by atoms with Gasteiger partial charge in [0.25, 0.3) is 5.56 Å². The van der Waals surface area contributed by atoms with Crippen molar-refractivity contribution in [2.75, 3.05) is 0 Å². The second kappa shape index (κ2) is 6.09. The van der Waals surface area contributed by atoms with Crippen molar-refractivity contribution in [1.29, 1.82) is 0 Å². The van der Waals surface area contributed by atoms with Gasteiger partial charge in [0, 0.05) is 17.6 Å². The third-order valence-electron chi connectivity index (χ3n) is 3.34. The van der Waals surface area contributed by atoms with Gasteiger partial charge in [-0.25, -0.2) is 13.1 Å². The van der Waals surface area contributed by atoms with Gasteiger partial charge in [0.2, 0.25) is 10.0 Å². The summed E-state index contributed by atoms with van der Waals surface area (Å²) in [7, 11) is -3.68. The second-order valence-electron chi connectivity index (χ2n) is 5.10. The zero-order valence-corrected chi connectivity index (χ0v) is 14.5. The van der Waals surface area contributed by atoms with Crippen LogP contribution >= 0.6 is 22.9 Å². The van der Waals surface area contributed by atoms with Crippen molar-refractivity contribution < 1.29 is 8.42 Å². The van der Waals surface area contributed by atoms with E-state index in [1.54, 1.807) is 6.07 Å². The van der Waals surface area contributed by atoms with Gasteiger partial charge in [-0.1, -0.05) is 23.7 Å². The topological polar surface area (TPSA) is 79.0 Å². The quantitative estimate of drug-likeness (QED) is 0.742. The number of sulfonamides is 1. The molecule has 0 atom stereocenters.